The highest BCUT2D eigenvalue weighted by Gasteiger charge is 1.98. The predicted octanol–water partition coefficient (Wildman–Crippen LogP) is 2.18. The molecule has 2 heteroatoms. The first-order chi connectivity index (χ1) is 5.27. The van der Waals surface area contributed by atoms with E-state index in [1.54, 1.807) is 0 Å². The van der Waals surface area contributed by atoms with E-state index in [1.807, 2.05) is 19.3 Å². The topological polar surface area (TPSA) is 28.7 Å². The van der Waals surface area contributed by atoms with Gasteiger partial charge in [0.25, 0.3) is 0 Å². The summed E-state index contributed by atoms with van der Waals surface area (Å²) in [6.45, 7) is 4.11. The molecule has 2 aromatic rings. The molecule has 0 bridgehead atoms. The maximum atomic E-state index is 4.40. The molecule has 0 aliphatic rings. The highest BCUT2D eigenvalue weighted by Crippen LogP contribution is 2.14. The Morgan fingerprint density at radius 2 is 2.09 bits per heavy atom. The van der Waals surface area contributed by atoms with Gasteiger partial charge in [-0.2, -0.15) is 0 Å². The number of fused-ring (bicyclic) bond motifs is 1. The maximum absolute atomic E-state index is 4.40. The Bertz CT molecular complexity index is 351. The normalized spacial score (nSPS) is 10.7. The number of pyridine rings is 1. The van der Waals surface area contributed by atoms with Crippen LogP contribution in [0.1, 0.15) is 11.3 Å². The summed E-state index contributed by atoms with van der Waals surface area (Å²) in [6, 6.07) is 2.15. The average molecular weight is 146 g/mol. The van der Waals surface area contributed by atoms with Crippen LogP contribution in [0.4, 0.5) is 0 Å². The Morgan fingerprint density at radius 1 is 1.27 bits per heavy atom. The lowest BCUT2D eigenvalue weighted by Gasteiger charge is -1.97. The van der Waals surface area contributed by atoms with Gasteiger partial charge >= 0.3 is 0 Å². The molecule has 0 saturated heterocycles. The second kappa shape index (κ2) is 2.09. The van der Waals surface area contributed by atoms with Crippen LogP contribution in [0.2, 0.25) is 0 Å². The number of nitrogens with zero attached hydrogens (tertiary/aromatic N) is 1. The van der Waals surface area contributed by atoms with Crippen LogP contribution >= 0.6 is 0 Å². The van der Waals surface area contributed by atoms with Crippen molar-refractivity contribution in [2.75, 3.05) is 0 Å². The second-order valence-electron chi connectivity index (χ2n) is 2.82. The summed E-state index contributed by atoms with van der Waals surface area (Å²) in [5, 5.41) is 1.19. The van der Waals surface area contributed by atoms with E-state index in [0.717, 1.165) is 11.2 Å². The third-order valence-corrected chi connectivity index (χ3v) is 1.99. The third-order valence-electron chi connectivity index (χ3n) is 1.99. The first-order valence-electron chi connectivity index (χ1n) is 3.68. The lowest BCUT2D eigenvalue weighted by Crippen LogP contribution is -1.84. The van der Waals surface area contributed by atoms with Gasteiger partial charge in [0.1, 0.15) is 0 Å². The van der Waals surface area contributed by atoms with Crippen molar-refractivity contribution in [2.45, 2.75) is 13.8 Å². The maximum Gasteiger partial charge on any atom is 0.0879 e. The fourth-order valence-corrected chi connectivity index (χ4v) is 1.19. The number of rotatable bonds is 0. The minimum absolute atomic E-state index is 1.05. The van der Waals surface area contributed by atoms with Crippen molar-refractivity contribution in [1.82, 2.24) is 9.97 Å². The van der Waals surface area contributed by atoms with Crippen LogP contribution < -0.4 is 0 Å². The molecule has 2 rings (SSSR count). The van der Waals surface area contributed by atoms with E-state index in [1.165, 1.54) is 10.9 Å². The zero-order valence-corrected chi connectivity index (χ0v) is 6.68. The molecule has 0 aromatic carbocycles. The van der Waals surface area contributed by atoms with Gasteiger partial charge in [0.2, 0.25) is 0 Å². The molecular formula is C9H10N2. The highest BCUT2D eigenvalue weighted by molar-refractivity contribution is 5.78. The van der Waals surface area contributed by atoms with Crippen molar-refractivity contribution in [3.63, 3.8) is 0 Å². The molecule has 0 atom stereocenters. The number of hydrogen-bond acceptors (Lipinski definition) is 1. The van der Waals surface area contributed by atoms with Crippen molar-refractivity contribution in [3.8, 4) is 0 Å². The summed E-state index contributed by atoms with van der Waals surface area (Å²) in [6.07, 6.45) is 3.89. The van der Waals surface area contributed by atoms with Gasteiger partial charge in [0.05, 0.1) is 5.52 Å². The molecule has 2 aromatic heterocycles. The Balaban J connectivity index is 2.86. The average Bonchev–Trinajstić information content (AvgIpc) is 2.36. The number of H-pyrrole nitrogens is 1. The molecule has 0 aliphatic heterocycles. The first kappa shape index (κ1) is 6.40. The van der Waals surface area contributed by atoms with Crippen LogP contribution in [0.25, 0.3) is 10.9 Å². The monoisotopic (exact) mass is 146 g/mol. The molecule has 2 heterocycles. The molecule has 11 heavy (non-hydrogen) atoms. The SMILES string of the molecule is Cc1cc2c[nH]cc2nc1C. The Labute approximate surface area is 65.3 Å². The van der Waals surface area contributed by atoms with E-state index in [4.69, 9.17) is 0 Å². The van der Waals surface area contributed by atoms with Crippen molar-refractivity contribution in [3.05, 3.63) is 29.7 Å². The van der Waals surface area contributed by atoms with Gasteiger partial charge in [0, 0.05) is 23.5 Å². The molecule has 0 spiro atoms. The van der Waals surface area contributed by atoms with Gasteiger partial charge in [-0.25, -0.2) is 0 Å². The molecular weight excluding hydrogens is 136 g/mol. The molecule has 0 saturated carbocycles. The summed E-state index contributed by atoms with van der Waals surface area (Å²) >= 11 is 0. The van der Waals surface area contributed by atoms with E-state index in [9.17, 15) is 0 Å². The quantitative estimate of drug-likeness (QED) is 0.606. The fourth-order valence-electron chi connectivity index (χ4n) is 1.19. The van der Waals surface area contributed by atoms with Crippen molar-refractivity contribution < 1.29 is 0 Å². The minimum atomic E-state index is 1.05. The lowest BCUT2D eigenvalue weighted by molar-refractivity contribution is 1.20. The molecule has 2 nitrogen and oxygen atoms in total. The summed E-state index contributed by atoms with van der Waals surface area (Å²) in [4.78, 5) is 7.43. The first-order valence-corrected chi connectivity index (χ1v) is 3.68. The highest BCUT2D eigenvalue weighted by atomic mass is 14.8. The summed E-state index contributed by atoms with van der Waals surface area (Å²) in [5.74, 6) is 0. The van der Waals surface area contributed by atoms with Crippen LogP contribution in [0, 0.1) is 13.8 Å². The number of nitrogens with one attached hydrogen (secondary N) is 1. The van der Waals surface area contributed by atoms with Crippen molar-refractivity contribution >= 4 is 10.9 Å². The van der Waals surface area contributed by atoms with Gasteiger partial charge in [-0.15, -0.1) is 0 Å². The van der Waals surface area contributed by atoms with E-state index in [0.29, 0.717) is 0 Å². The predicted molar refractivity (Wildman–Crippen MR) is 45.6 cm³/mol. The largest absolute Gasteiger partial charge is 0.365 e. The zero-order chi connectivity index (χ0) is 7.84. The molecule has 1 N–H and O–H groups in total. The third kappa shape index (κ3) is 0.909. The summed E-state index contributed by atoms with van der Waals surface area (Å²) in [7, 11) is 0. The van der Waals surface area contributed by atoms with E-state index in [-0.39, 0.29) is 0 Å². The Kier molecular flexibility index (Phi) is 1.22. The van der Waals surface area contributed by atoms with Gasteiger partial charge in [-0.1, -0.05) is 0 Å². The Morgan fingerprint density at radius 3 is 2.91 bits per heavy atom. The summed E-state index contributed by atoms with van der Waals surface area (Å²) < 4.78 is 0. The van der Waals surface area contributed by atoms with Gasteiger partial charge in [0.15, 0.2) is 0 Å². The molecule has 56 valence electrons. The standard InChI is InChI=1S/C9H10N2/c1-6-3-8-4-10-5-9(8)11-7(6)2/h3-5,10H,1-2H3. The van der Waals surface area contributed by atoms with Crippen LogP contribution in [0.5, 0.6) is 0 Å². The van der Waals surface area contributed by atoms with Crippen molar-refractivity contribution in [1.29, 1.82) is 0 Å². The smallest absolute Gasteiger partial charge is 0.0879 e. The molecule has 0 fully saturated rings. The molecule has 0 amide bonds. The number of aromatic nitrogens is 2. The Hall–Kier alpha value is -1.31. The molecule has 0 unspecified atom stereocenters. The van der Waals surface area contributed by atoms with E-state index in [2.05, 4.69) is 23.0 Å². The second-order valence-corrected chi connectivity index (χ2v) is 2.82. The van der Waals surface area contributed by atoms with Gasteiger partial charge in [-0.05, 0) is 25.5 Å². The van der Waals surface area contributed by atoms with Gasteiger partial charge in [-0.3, -0.25) is 4.98 Å². The van der Waals surface area contributed by atoms with E-state index < -0.39 is 0 Å². The van der Waals surface area contributed by atoms with Crippen molar-refractivity contribution in [2.24, 2.45) is 0 Å². The summed E-state index contributed by atoms with van der Waals surface area (Å²) in [5.41, 5.74) is 3.40. The molecule has 0 radical (unpaired) electrons. The van der Waals surface area contributed by atoms with E-state index >= 15 is 0 Å². The van der Waals surface area contributed by atoms with Crippen LogP contribution in [-0.4, -0.2) is 9.97 Å². The number of aromatic amines is 1. The zero-order valence-electron chi connectivity index (χ0n) is 6.68. The number of hydrogen-bond donors (Lipinski definition) is 1. The molecule has 0 aliphatic carbocycles. The van der Waals surface area contributed by atoms with Crippen LogP contribution in [-0.2, 0) is 0 Å². The fraction of sp³-hybridized carbons (Fsp3) is 0.222. The van der Waals surface area contributed by atoms with Crippen LogP contribution in [0.15, 0.2) is 18.5 Å². The van der Waals surface area contributed by atoms with Gasteiger partial charge < -0.3 is 4.98 Å². The number of aryl methyl sites for hydroxylation is 2. The lowest BCUT2D eigenvalue weighted by atomic mass is 10.2. The van der Waals surface area contributed by atoms with Crippen LogP contribution in [0.3, 0.4) is 0 Å². The minimum Gasteiger partial charge on any atom is -0.365 e.